The molecule has 0 amide bonds. The molecule has 0 unspecified atom stereocenters. The number of carbonyl (C=O) groups is 1. The van der Waals surface area contributed by atoms with Crippen LogP contribution < -0.4 is 0 Å². The number of hydrogen-bond acceptors (Lipinski definition) is 3. The molecule has 3 heterocycles. The molecular weight excluding hydrogens is 371 g/mol. The van der Waals surface area contributed by atoms with E-state index in [9.17, 15) is 4.79 Å². The van der Waals surface area contributed by atoms with Crippen LogP contribution in [0.5, 0.6) is 0 Å². The number of halogens is 1. The smallest absolute Gasteiger partial charge is 0.328 e. The molecule has 0 aromatic carbocycles. The average Bonchev–Trinajstić information content (AvgIpc) is 2.99. The van der Waals surface area contributed by atoms with Crippen LogP contribution in [-0.2, 0) is 4.79 Å². The van der Waals surface area contributed by atoms with Gasteiger partial charge in [-0.15, -0.1) is 0 Å². The molecule has 3 aromatic rings. The van der Waals surface area contributed by atoms with Crippen LogP contribution in [0.1, 0.15) is 5.69 Å². The van der Waals surface area contributed by atoms with Crippen molar-refractivity contribution in [2.45, 2.75) is 0 Å². The summed E-state index contributed by atoms with van der Waals surface area (Å²) in [5, 5.41) is 13.0. The van der Waals surface area contributed by atoms with Crippen LogP contribution in [-0.4, -0.2) is 30.2 Å². The number of aromatic nitrogens is 4. The lowest BCUT2D eigenvalue weighted by Crippen LogP contribution is -1.98. The molecule has 7 heteroatoms. The van der Waals surface area contributed by atoms with Crippen molar-refractivity contribution >= 4 is 40.3 Å². The van der Waals surface area contributed by atoms with E-state index in [1.54, 1.807) is 10.9 Å². The normalized spacial score (nSPS) is 11.4. The fourth-order valence-corrected chi connectivity index (χ4v) is 2.28. The van der Waals surface area contributed by atoms with Crippen molar-refractivity contribution in [2.75, 3.05) is 0 Å². The highest BCUT2D eigenvalue weighted by molar-refractivity contribution is 14.1. The molecule has 0 atom stereocenters. The predicted molar refractivity (Wildman–Crippen MR) is 81.7 cm³/mol. The number of carboxylic acid groups (broad SMARTS) is 1. The van der Waals surface area contributed by atoms with Crippen molar-refractivity contribution in [3.05, 3.63) is 52.1 Å². The quantitative estimate of drug-likeness (QED) is 0.559. The van der Waals surface area contributed by atoms with E-state index in [4.69, 9.17) is 5.11 Å². The summed E-state index contributed by atoms with van der Waals surface area (Å²) < 4.78 is 4.44. The number of hydrogen-bond donors (Lipinski definition) is 1. The molecule has 1 N–H and O–H groups in total. The lowest BCUT2D eigenvalue weighted by atomic mass is 10.3. The molecule has 0 radical (unpaired) electrons. The van der Waals surface area contributed by atoms with Gasteiger partial charge in [0.2, 0.25) is 0 Å². The SMILES string of the molecule is O=C(O)C=Cc1c(-n2cc(I)cn2)nc2ccccn12. The molecular formula is C13H9IN4O2. The van der Waals surface area contributed by atoms with Crippen LogP contribution in [0.4, 0.5) is 0 Å². The van der Waals surface area contributed by atoms with Crippen LogP contribution in [0, 0.1) is 3.57 Å². The minimum Gasteiger partial charge on any atom is -0.478 e. The monoisotopic (exact) mass is 380 g/mol. The third-order valence-electron chi connectivity index (χ3n) is 2.70. The van der Waals surface area contributed by atoms with E-state index >= 15 is 0 Å². The second-order valence-electron chi connectivity index (χ2n) is 4.02. The van der Waals surface area contributed by atoms with Gasteiger partial charge in [-0.3, -0.25) is 4.40 Å². The van der Waals surface area contributed by atoms with Crippen LogP contribution in [0.3, 0.4) is 0 Å². The number of carboxylic acids is 1. The van der Waals surface area contributed by atoms with E-state index < -0.39 is 5.97 Å². The van der Waals surface area contributed by atoms with E-state index in [1.807, 2.05) is 35.0 Å². The molecule has 20 heavy (non-hydrogen) atoms. The van der Waals surface area contributed by atoms with Crippen molar-refractivity contribution in [3.63, 3.8) is 0 Å². The van der Waals surface area contributed by atoms with Crippen LogP contribution in [0.15, 0.2) is 42.9 Å². The average molecular weight is 380 g/mol. The minimum absolute atomic E-state index is 0.594. The van der Waals surface area contributed by atoms with E-state index in [0.29, 0.717) is 11.5 Å². The first-order chi connectivity index (χ1) is 9.65. The summed E-state index contributed by atoms with van der Waals surface area (Å²) in [6.07, 6.45) is 8.00. The maximum Gasteiger partial charge on any atom is 0.328 e. The van der Waals surface area contributed by atoms with Gasteiger partial charge in [0.15, 0.2) is 5.82 Å². The molecule has 0 spiro atoms. The first kappa shape index (κ1) is 12.9. The summed E-state index contributed by atoms with van der Waals surface area (Å²) in [5.41, 5.74) is 1.40. The van der Waals surface area contributed by atoms with E-state index in [0.717, 1.165) is 15.3 Å². The topological polar surface area (TPSA) is 72.4 Å². The van der Waals surface area contributed by atoms with Crippen molar-refractivity contribution in [1.29, 1.82) is 0 Å². The van der Waals surface area contributed by atoms with Gasteiger partial charge in [-0.05, 0) is 40.8 Å². The summed E-state index contributed by atoms with van der Waals surface area (Å²) in [4.78, 5) is 15.2. The maximum atomic E-state index is 10.7. The zero-order valence-electron chi connectivity index (χ0n) is 10.1. The fraction of sp³-hybridized carbons (Fsp3) is 0. The number of rotatable bonds is 3. The van der Waals surface area contributed by atoms with Crippen molar-refractivity contribution < 1.29 is 9.90 Å². The van der Waals surface area contributed by atoms with Crippen molar-refractivity contribution in [3.8, 4) is 5.82 Å². The number of aliphatic carboxylic acids is 1. The highest BCUT2D eigenvalue weighted by Crippen LogP contribution is 2.18. The summed E-state index contributed by atoms with van der Waals surface area (Å²) in [6, 6.07) is 5.60. The Balaban J connectivity index is 2.24. The molecule has 3 aromatic heterocycles. The lowest BCUT2D eigenvalue weighted by molar-refractivity contribution is -0.131. The molecule has 0 saturated carbocycles. The van der Waals surface area contributed by atoms with Crippen LogP contribution in [0.25, 0.3) is 17.5 Å². The van der Waals surface area contributed by atoms with Crippen molar-refractivity contribution in [2.24, 2.45) is 0 Å². The third-order valence-corrected chi connectivity index (χ3v) is 3.26. The molecule has 0 aliphatic heterocycles. The van der Waals surface area contributed by atoms with Crippen LogP contribution >= 0.6 is 22.6 Å². The van der Waals surface area contributed by atoms with Gasteiger partial charge in [-0.1, -0.05) is 6.07 Å². The summed E-state index contributed by atoms with van der Waals surface area (Å²) in [6.45, 7) is 0. The Labute approximate surface area is 127 Å². The Kier molecular flexibility index (Phi) is 3.26. The van der Waals surface area contributed by atoms with Gasteiger partial charge in [0, 0.05) is 18.5 Å². The molecule has 0 aliphatic rings. The minimum atomic E-state index is -1.00. The number of pyridine rings is 1. The van der Waals surface area contributed by atoms with Gasteiger partial charge in [0.25, 0.3) is 0 Å². The van der Waals surface area contributed by atoms with Gasteiger partial charge >= 0.3 is 5.97 Å². The molecule has 0 aliphatic carbocycles. The zero-order chi connectivity index (χ0) is 14.1. The Bertz CT molecular complexity index is 819. The molecule has 3 rings (SSSR count). The third kappa shape index (κ3) is 2.31. The molecule has 6 nitrogen and oxygen atoms in total. The van der Waals surface area contributed by atoms with Gasteiger partial charge in [-0.25, -0.2) is 14.5 Å². The van der Waals surface area contributed by atoms with Gasteiger partial charge in [0.1, 0.15) is 5.65 Å². The summed E-state index contributed by atoms with van der Waals surface area (Å²) >= 11 is 2.16. The number of fused-ring (bicyclic) bond motifs is 1. The van der Waals surface area contributed by atoms with E-state index in [-0.39, 0.29) is 0 Å². The van der Waals surface area contributed by atoms with Crippen LogP contribution in [0.2, 0.25) is 0 Å². The van der Waals surface area contributed by atoms with Gasteiger partial charge in [-0.2, -0.15) is 5.10 Å². The maximum absolute atomic E-state index is 10.7. The molecule has 0 saturated heterocycles. The van der Waals surface area contributed by atoms with E-state index in [2.05, 4.69) is 32.7 Å². The van der Waals surface area contributed by atoms with Gasteiger partial charge in [0.05, 0.1) is 15.5 Å². The summed E-state index contributed by atoms with van der Waals surface area (Å²) in [5.74, 6) is -0.409. The Morgan fingerprint density at radius 3 is 2.95 bits per heavy atom. The van der Waals surface area contributed by atoms with Crippen molar-refractivity contribution in [1.82, 2.24) is 19.2 Å². The summed E-state index contributed by atoms with van der Waals surface area (Å²) in [7, 11) is 0. The molecule has 0 fully saturated rings. The Morgan fingerprint density at radius 2 is 2.25 bits per heavy atom. The largest absolute Gasteiger partial charge is 0.478 e. The van der Waals surface area contributed by atoms with E-state index in [1.165, 1.54) is 6.08 Å². The predicted octanol–water partition coefficient (Wildman–Crippen LogP) is 2.22. The fourth-order valence-electron chi connectivity index (χ4n) is 1.89. The standard InChI is InChI=1S/C13H9IN4O2/c14-9-7-15-18(8-9)13-10(4-5-12(19)20)17-6-2-1-3-11(17)16-13/h1-8H,(H,19,20). The zero-order valence-corrected chi connectivity index (χ0v) is 12.3. The molecule has 100 valence electrons. The molecule has 0 bridgehead atoms. The lowest BCUT2D eigenvalue weighted by Gasteiger charge is -1.99. The Morgan fingerprint density at radius 1 is 1.40 bits per heavy atom. The number of nitrogens with zero attached hydrogens (tertiary/aromatic N) is 4. The first-order valence-corrected chi connectivity index (χ1v) is 6.81. The second kappa shape index (κ2) is 5.08. The highest BCUT2D eigenvalue weighted by Gasteiger charge is 2.12. The second-order valence-corrected chi connectivity index (χ2v) is 5.27. The van der Waals surface area contributed by atoms with Gasteiger partial charge < -0.3 is 5.11 Å². The first-order valence-electron chi connectivity index (χ1n) is 5.74. The highest BCUT2D eigenvalue weighted by atomic mass is 127. The number of imidazole rings is 1. The Hall–Kier alpha value is -2.16.